The van der Waals surface area contributed by atoms with Gasteiger partial charge < -0.3 is 15.1 Å². The number of hydrogen-bond acceptors (Lipinski definition) is 3. The quantitative estimate of drug-likeness (QED) is 0.786. The Hall–Kier alpha value is -1.10. The molecule has 2 N–H and O–H groups in total. The second-order valence-corrected chi connectivity index (χ2v) is 5.75. The van der Waals surface area contributed by atoms with Crippen molar-refractivity contribution in [2.75, 3.05) is 6.54 Å². The van der Waals surface area contributed by atoms with Crippen molar-refractivity contribution in [2.45, 2.75) is 46.3 Å². The molecule has 0 bridgehead atoms. The number of aliphatic carboxylic acids is 1. The summed E-state index contributed by atoms with van der Waals surface area (Å²) in [7, 11) is 0. The van der Waals surface area contributed by atoms with Gasteiger partial charge in [0.05, 0.1) is 6.10 Å². The lowest BCUT2D eigenvalue weighted by atomic mass is 9.84. The Kier molecular flexibility index (Phi) is 4.73. The van der Waals surface area contributed by atoms with Crippen LogP contribution in [0.2, 0.25) is 0 Å². The molecule has 18 heavy (non-hydrogen) atoms. The van der Waals surface area contributed by atoms with E-state index in [1.807, 2.05) is 27.7 Å². The minimum absolute atomic E-state index is 0.129. The van der Waals surface area contributed by atoms with Crippen LogP contribution in [-0.4, -0.2) is 45.7 Å². The topological polar surface area (TPSA) is 77.8 Å². The largest absolute Gasteiger partial charge is 0.480 e. The monoisotopic (exact) mass is 257 g/mol. The molecule has 1 rings (SSSR count). The van der Waals surface area contributed by atoms with Crippen LogP contribution in [0.15, 0.2) is 0 Å². The van der Waals surface area contributed by atoms with Crippen LogP contribution in [0.3, 0.4) is 0 Å². The molecule has 0 spiro atoms. The fourth-order valence-corrected chi connectivity index (χ4v) is 2.82. The van der Waals surface area contributed by atoms with Gasteiger partial charge >= 0.3 is 5.97 Å². The van der Waals surface area contributed by atoms with Crippen LogP contribution in [0.5, 0.6) is 0 Å². The number of nitrogens with zero attached hydrogens (tertiary/aromatic N) is 1. The summed E-state index contributed by atoms with van der Waals surface area (Å²) in [6.07, 6.45) is -0.598. The lowest BCUT2D eigenvalue weighted by Gasteiger charge is -2.30. The van der Waals surface area contributed by atoms with Crippen LogP contribution in [0, 0.1) is 17.8 Å². The van der Waals surface area contributed by atoms with Gasteiger partial charge in [-0.05, 0) is 11.8 Å². The number of β-amino-alcohol motifs (C(OH)–C–C–N with tert-alkyl or cyclic N) is 1. The summed E-state index contributed by atoms with van der Waals surface area (Å²) >= 11 is 0. The lowest BCUT2D eigenvalue weighted by Crippen LogP contribution is -2.46. The van der Waals surface area contributed by atoms with Crippen molar-refractivity contribution in [3.8, 4) is 0 Å². The highest BCUT2D eigenvalue weighted by Gasteiger charge is 2.42. The molecule has 0 aromatic carbocycles. The van der Waals surface area contributed by atoms with E-state index in [1.165, 1.54) is 4.90 Å². The van der Waals surface area contributed by atoms with Gasteiger partial charge in [-0.25, -0.2) is 4.79 Å². The molecular formula is C13H23NO4. The third kappa shape index (κ3) is 3.02. The van der Waals surface area contributed by atoms with Gasteiger partial charge in [-0.2, -0.15) is 0 Å². The number of carboxylic acid groups (broad SMARTS) is 1. The van der Waals surface area contributed by atoms with E-state index in [4.69, 9.17) is 5.11 Å². The van der Waals surface area contributed by atoms with Crippen molar-refractivity contribution in [1.82, 2.24) is 4.90 Å². The van der Waals surface area contributed by atoms with Gasteiger partial charge in [-0.15, -0.1) is 0 Å². The Morgan fingerprint density at radius 1 is 1.17 bits per heavy atom. The maximum Gasteiger partial charge on any atom is 0.326 e. The van der Waals surface area contributed by atoms with Crippen molar-refractivity contribution in [1.29, 1.82) is 0 Å². The highest BCUT2D eigenvalue weighted by molar-refractivity contribution is 5.86. The van der Waals surface area contributed by atoms with Crippen molar-refractivity contribution in [3.63, 3.8) is 0 Å². The SMILES string of the molecule is CC(C)C(C(=O)N1C[C@H](O)C[C@@H]1C(=O)O)C(C)C. The van der Waals surface area contributed by atoms with E-state index in [0.29, 0.717) is 0 Å². The van der Waals surface area contributed by atoms with E-state index in [1.54, 1.807) is 0 Å². The van der Waals surface area contributed by atoms with Crippen LogP contribution in [0.4, 0.5) is 0 Å². The molecule has 5 nitrogen and oxygen atoms in total. The molecule has 1 amide bonds. The first-order chi connectivity index (χ1) is 8.25. The number of aliphatic hydroxyl groups excluding tert-OH is 1. The van der Waals surface area contributed by atoms with Gasteiger partial charge in [0.1, 0.15) is 6.04 Å². The molecule has 1 aliphatic rings. The minimum Gasteiger partial charge on any atom is -0.480 e. The van der Waals surface area contributed by atoms with E-state index in [9.17, 15) is 14.7 Å². The zero-order chi connectivity index (χ0) is 14.0. The molecule has 0 unspecified atom stereocenters. The van der Waals surface area contributed by atoms with Crippen LogP contribution in [-0.2, 0) is 9.59 Å². The number of carbonyl (C=O) groups is 2. The van der Waals surface area contributed by atoms with Crippen LogP contribution in [0.1, 0.15) is 34.1 Å². The molecule has 0 aromatic rings. The Labute approximate surface area is 108 Å². The number of carbonyl (C=O) groups excluding carboxylic acids is 1. The van der Waals surface area contributed by atoms with Gasteiger partial charge in [0.15, 0.2) is 0 Å². The number of likely N-dealkylation sites (tertiary alicyclic amines) is 1. The standard InChI is InChI=1S/C13H23NO4/c1-7(2)11(8(3)4)12(16)14-6-9(15)5-10(14)13(17)18/h7-11,15H,5-6H2,1-4H3,(H,17,18)/t9-,10-/m1/s1. The molecular weight excluding hydrogens is 234 g/mol. The summed E-state index contributed by atoms with van der Waals surface area (Å²) in [6, 6.07) is -0.882. The fourth-order valence-electron chi connectivity index (χ4n) is 2.82. The molecule has 2 atom stereocenters. The summed E-state index contributed by atoms with van der Waals surface area (Å²) in [4.78, 5) is 24.9. The van der Waals surface area contributed by atoms with Crippen LogP contribution >= 0.6 is 0 Å². The van der Waals surface area contributed by atoms with Crippen LogP contribution < -0.4 is 0 Å². The molecule has 5 heteroatoms. The van der Waals surface area contributed by atoms with E-state index in [2.05, 4.69) is 0 Å². The first kappa shape index (κ1) is 15.0. The van der Waals surface area contributed by atoms with Crippen LogP contribution in [0.25, 0.3) is 0 Å². The number of amides is 1. The summed E-state index contributed by atoms with van der Waals surface area (Å²) in [5.74, 6) is -1.07. The van der Waals surface area contributed by atoms with Gasteiger partial charge in [-0.1, -0.05) is 27.7 Å². The first-order valence-electron chi connectivity index (χ1n) is 6.47. The molecule has 104 valence electrons. The lowest BCUT2D eigenvalue weighted by molar-refractivity contribution is -0.151. The Bertz CT molecular complexity index is 319. The highest BCUT2D eigenvalue weighted by atomic mass is 16.4. The van der Waals surface area contributed by atoms with E-state index in [-0.39, 0.29) is 36.6 Å². The summed E-state index contributed by atoms with van der Waals surface area (Å²) < 4.78 is 0. The summed E-state index contributed by atoms with van der Waals surface area (Å²) in [5.41, 5.74) is 0. The molecule has 1 aliphatic heterocycles. The van der Waals surface area contributed by atoms with Crippen molar-refractivity contribution >= 4 is 11.9 Å². The van der Waals surface area contributed by atoms with Crippen molar-refractivity contribution in [2.24, 2.45) is 17.8 Å². The van der Waals surface area contributed by atoms with Gasteiger partial charge in [0.25, 0.3) is 0 Å². The number of rotatable bonds is 4. The molecule has 1 saturated heterocycles. The molecule has 0 aliphatic carbocycles. The average Bonchev–Trinajstić information content (AvgIpc) is 2.59. The van der Waals surface area contributed by atoms with E-state index < -0.39 is 18.1 Å². The highest BCUT2D eigenvalue weighted by Crippen LogP contribution is 2.27. The smallest absolute Gasteiger partial charge is 0.326 e. The number of carboxylic acids is 1. The normalized spacial score (nSPS) is 24.3. The average molecular weight is 257 g/mol. The number of hydrogen-bond donors (Lipinski definition) is 2. The Balaban J connectivity index is 2.90. The van der Waals surface area contributed by atoms with E-state index in [0.717, 1.165) is 0 Å². The van der Waals surface area contributed by atoms with Crippen molar-refractivity contribution < 1.29 is 19.8 Å². The van der Waals surface area contributed by atoms with Gasteiger partial charge in [0.2, 0.25) is 5.91 Å². The molecule has 0 saturated carbocycles. The summed E-state index contributed by atoms with van der Waals surface area (Å²) in [5, 5.41) is 18.7. The second kappa shape index (κ2) is 5.69. The van der Waals surface area contributed by atoms with Gasteiger partial charge in [-0.3, -0.25) is 4.79 Å². The Morgan fingerprint density at radius 3 is 2.06 bits per heavy atom. The minimum atomic E-state index is -1.04. The van der Waals surface area contributed by atoms with E-state index >= 15 is 0 Å². The molecule has 0 radical (unpaired) electrons. The maximum absolute atomic E-state index is 12.4. The zero-order valence-electron chi connectivity index (χ0n) is 11.5. The number of aliphatic hydroxyl groups is 1. The molecule has 0 aromatic heterocycles. The second-order valence-electron chi connectivity index (χ2n) is 5.75. The van der Waals surface area contributed by atoms with Gasteiger partial charge in [0, 0.05) is 18.9 Å². The third-order valence-corrected chi connectivity index (χ3v) is 3.57. The maximum atomic E-state index is 12.4. The molecule has 1 fully saturated rings. The molecule has 1 heterocycles. The summed E-state index contributed by atoms with van der Waals surface area (Å²) in [6.45, 7) is 7.98. The predicted octanol–water partition coefficient (Wildman–Crippen LogP) is 0.961. The zero-order valence-corrected chi connectivity index (χ0v) is 11.5. The fraction of sp³-hybridized carbons (Fsp3) is 0.846. The predicted molar refractivity (Wildman–Crippen MR) is 66.9 cm³/mol. The third-order valence-electron chi connectivity index (χ3n) is 3.57. The Morgan fingerprint density at radius 2 is 1.67 bits per heavy atom. The van der Waals surface area contributed by atoms with Crippen molar-refractivity contribution in [3.05, 3.63) is 0 Å². The first-order valence-corrected chi connectivity index (χ1v) is 6.47.